The van der Waals surface area contributed by atoms with Gasteiger partial charge in [-0.3, -0.25) is 14.5 Å². The molecule has 132 valence electrons. The molecule has 0 N–H and O–H groups in total. The molecule has 3 aliphatic rings. The van der Waals surface area contributed by atoms with Crippen LogP contribution in [-0.2, 0) is 14.3 Å². The Morgan fingerprint density at radius 1 is 1.08 bits per heavy atom. The molecule has 1 saturated heterocycles. The van der Waals surface area contributed by atoms with Crippen LogP contribution in [0.4, 0.5) is 5.69 Å². The first-order valence-electron chi connectivity index (χ1n) is 9.12. The number of benzene rings is 1. The first-order chi connectivity index (χ1) is 12.0. The van der Waals surface area contributed by atoms with Gasteiger partial charge in [0.05, 0.1) is 29.7 Å². The molecule has 1 aromatic carbocycles. The molecular formula is C20H23NO4. The second kappa shape index (κ2) is 5.97. The molecule has 1 aliphatic heterocycles. The van der Waals surface area contributed by atoms with Gasteiger partial charge in [0.2, 0.25) is 11.8 Å². The standard InChI is InChI=1S/C20H23NO4/c1-11(2)10-25-20(24)12-5-7-15(8-6-12)21-18(22)16-13-3-4-14(9-13)17(16)19(21)23/h5-8,11,13-14,16-17H,3-4,9-10H2,1-2H3/t13-,14+,16-,17-/m0/s1. The lowest BCUT2D eigenvalue weighted by atomic mass is 9.81. The fraction of sp³-hybridized carbons (Fsp3) is 0.550. The molecule has 2 saturated carbocycles. The van der Waals surface area contributed by atoms with Crippen molar-refractivity contribution in [2.75, 3.05) is 11.5 Å². The number of rotatable bonds is 4. The maximum Gasteiger partial charge on any atom is 0.338 e. The quantitative estimate of drug-likeness (QED) is 0.624. The number of esters is 1. The van der Waals surface area contributed by atoms with Crippen LogP contribution in [-0.4, -0.2) is 24.4 Å². The average Bonchev–Trinajstić information content (AvgIpc) is 3.27. The van der Waals surface area contributed by atoms with Crippen LogP contribution in [0.2, 0.25) is 0 Å². The minimum atomic E-state index is -0.380. The number of carbonyl (C=O) groups is 3. The zero-order valence-electron chi connectivity index (χ0n) is 14.6. The normalized spacial score (nSPS) is 30.3. The summed E-state index contributed by atoms with van der Waals surface area (Å²) in [6.07, 6.45) is 3.17. The van der Waals surface area contributed by atoms with Gasteiger partial charge < -0.3 is 4.74 Å². The van der Waals surface area contributed by atoms with Gasteiger partial charge in [0.1, 0.15) is 0 Å². The molecule has 1 heterocycles. The summed E-state index contributed by atoms with van der Waals surface area (Å²) in [7, 11) is 0. The van der Waals surface area contributed by atoms with Crippen LogP contribution in [0.15, 0.2) is 24.3 Å². The Morgan fingerprint density at radius 3 is 2.16 bits per heavy atom. The zero-order chi connectivity index (χ0) is 17.7. The van der Waals surface area contributed by atoms with Crippen molar-refractivity contribution in [3.8, 4) is 0 Å². The summed E-state index contributed by atoms with van der Waals surface area (Å²) in [4.78, 5) is 38.9. The largest absolute Gasteiger partial charge is 0.462 e. The molecule has 25 heavy (non-hydrogen) atoms. The first kappa shape index (κ1) is 16.3. The highest BCUT2D eigenvalue weighted by atomic mass is 16.5. The zero-order valence-corrected chi connectivity index (χ0v) is 14.6. The number of hydrogen-bond donors (Lipinski definition) is 0. The minimum Gasteiger partial charge on any atom is -0.462 e. The van der Waals surface area contributed by atoms with Crippen molar-refractivity contribution < 1.29 is 19.1 Å². The van der Waals surface area contributed by atoms with E-state index in [1.807, 2.05) is 13.8 Å². The van der Waals surface area contributed by atoms with Crippen molar-refractivity contribution in [2.24, 2.45) is 29.6 Å². The monoisotopic (exact) mass is 341 g/mol. The van der Waals surface area contributed by atoms with Crippen LogP contribution in [0.5, 0.6) is 0 Å². The van der Waals surface area contributed by atoms with Gasteiger partial charge in [-0.1, -0.05) is 13.8 Å². The predicted molar refractivity (Wildman–Crippen MR) is 91.9 cm³/mol. The van der Waals surface area contributed by atoms with Gasteiger partial charge in [0, 0.05) is 0 Å². The molecule has 0 radical (unpaired) electrons. The van der Waals surface area contributed by atoms with Gasteiger partial charge in [-0.15, -0.1) is 0 Å². The molecular weight excluding hydrogens is 318 g/mol. The van der Waals surface area contributed by atoms with Crippen LogP contribution >= 0.6 is 0 Å². The molecule has 0 aromatic heterocycles. The van der Waals surface area contributed by atoms with Gasteiger partial charge in [-0.2, -0.15) is 0 Å². The van der Waals surface area contributed by atoms with E-state index in [1.165, 1.54) is 4.90 Å². The summed E-state index contributed by atoms with van der Waals surface area (Å²) in [5, 5.41) is 0. The van der Waals surface area contributed by atoms with Crippen molar-refractivity contribution >= 4 is 23.5 Å². The molecule has 1 aromatic rings. The molecule has 3 fully saturated rings. The van der Waals surface area contributed by atoms with Gasteiger partial charge in [0.15, 0.2) is 0 Å². The SMILES string of the molecule is CC(C)COC(=O)c1ccc(N2C(=O)[C@H]3[C@@H]4CC[C@@H](C4)[C@@H]3C2=O)cc1. The molecule has 5 heteroatoms. The number of carbonyl (C=O) groups excluding carboxylic acids is 3. The van der Waals surface area contributed by atoms with Gasteiger partial charge in [-0.05, 0) is 61.3 Å². The lowest BCUT2D eigenvalue weighted by molar-refractivity contribution is -0.123. The molecule has 4 atom stereocenters. The number of hydrogen-bond acceptors (Lipinski definition) is 4. The van der Waals surface area contributed by atoms with Gasteiger partial charge in [0.25, 0.3) is 0 Å². The topological polar surface area (TPSA) is 63.7 Å². The third kappa shape index (κ3) is 2.57. The van der Waals surface area contributed by atoms with Crippen LogP contribution in [0.1, 0.15) is 43.5 Å². The van der Waals surface area contributed by atoms with Gasteiger partial charge >= 0.3 is 5.97 Å². The predicted octanol–water partition coefficient (Wildman–Crippen LogP) is 3.03. The average molecular weight is 341 g/mol. The second-order valence-corrected chi connectivity index (χ2v) is 7.94. The molecule has 2 amide bonds. The Morgan fingerprint density at radius 2 is 1.64 bits per heavy atom. The van der Waals surface area contributed by atoms with E-state index in [0.717, 1.165) is 19.3 Å². The highest BCUT2D eigenvalue weighted by Crippen LogP contribution is 2.56. The maximum atomic E-state index is 12.8. The summed E-state index contributed by atoms with van der Waals surface area (Å²) < 4.78 is 5.21. The molecule has 4 rings (SSSR count). The molecule has 0 spiro atoms. The van der Waals surface area contributed by atoms with Crippen LogP contribution in [0.3, 0.4) is 0 Å². The van der Waals surface area contributed by atoms with Crippen LogP contribution in [0, 0.1) is 29.6 Å². The van der Waals surface area contributed by atoms with Crippen LogP contribution in [0.25, 0.3) is 0 Å². The van der Waals surface area contributed by atoms with Crippen molar-refractivity contribution in [1.29, 1.82) is 0 Å². The number of nitrogens with zero attached hydrogens (tertiary/aromatic N) is 1. The molecule has 0 unspecified atom stereocenters. The number of anilines is 1. The van der Waals surface area contributed by atoms with Crippen molar-refractivity contribution in [1.82, 2.24) is 0 Å². The molecule has 2 bridgehead atoms. The summed E-state index contributed by atoms with van der Waals surface area (Å²) in [5.41, 5.74) is 0.993. The lowest BCUT2D eigenvalue weighted by Gasteiger charge is -2.19. The summed E-state index contributed by atoms with van der Waals surface area (Å²) in [6, 6.07) is 6.60. The number of amides is 2. The first-order valence-corrected chi connectivity index (χ1v) is 9.12. The minimum absolute atomic E-state index is 0.0580. The smallest absolute Gasteiger partial charge is 0.338 e. The van der Waals surface area contributed by atoms with E-state index in [1.54, 1.807) is 24.3 Å². The maximum absolute atomic E-state index is 12.8. The van der Waals surface area contributed by atoms with Gasteiger partial charge in [-0.25, -0.2) is 4.79 Å². The molecule has 5 nitrogen and oxygen atoms in total. The van der Waals surface area contributed by atoms with E-state index in [0.29, 0.717) is 29.7 Å². The Labute approximate surface area is 147 Å². The fourth-order valence-corrected chi connectivity index (χ4v) is 4.74. The summed E-state index contributed by atoms with van der Waals surface area (Å²) in [6.45, 7) is 4.33. The van der Waals surface area contributed by atoms with E-state index in [-0.39, 0.29) is 35.5 Å². The lowest BCUT2D eigenvalue weighted by Crippen LogP contribution is -2.32. The summed E-state index contributed by atoms with van der Waals surface area (Å²) >= 11 is 0. The highest BCUT2D eigenvalue weighted by molar-refractivity contribution is 6.22. The van der Waals surface area contributed by atoms with E-state index < -0.39 is 0 Å². The third-order valence-corrected chi connectivity index (χ3v) is 5.84. The summed E-state index contributed by atoms with van der Waals surface area (Å²) in [5.74, 6) is 0.286. The number of fused-ring (bicyclic) bond motifs is 5. The van der Waals surface area contributed by atoms with Crippen molar-refractivity contribution in [2.45, 2.75) is 33.1 Å². The van der Waals surface area contributed by atoms with E-state index >= 15 is 0 Å². The van der Waals surface area contributed by atoms with Crippen LogP contribution < -0.4 is 4.90 Å². The van der Waals surface area contributed by atoms with Crippen molar-refractivity contribution in [3.63, 3.8) is 0 Å². The van der Waals surface area contributed by atoms with Crippen molar-refractivity contribution in [3.05, 3.63) is 29.8 Å². The Kier molecular flexibility index (Phi) is 3.89. The molecule has 2 aliphatic carbocycles. The second-order valence-electron chi connectivity index (χ2n) is 7.94. The fourth-order valence-electron chi connectivity index (χ4n) is 4.74. The number of ether oxygens (including phenoxy) is 1. The highest BCUT2D eigenvalue weighted by Gasteiger charge is 2.61. The number of imide groups is 1. The Bertz CT molecular complexity index is 696. The van der Waals surface area contributed by atoms with E-state index in [9.17, 15) is 14.4 Å². The van der Waals surface area contributed by atoms with E-state index in [4.69, 9.17) is 4.74 Å². The third-order valence-electron chi connectivity index (χ3n) is 5.84. The Hall–Kier alpha value is -2.17. The Balaban J connectivity index is 1.52. The van der Waals surface area contributed by atoms with E-state index in [2.05, 4.69) is 0 Å².